The van der Waals surface area contributed by atoms with E-state index in [2.05, 4.69) is 5.32 Å². The zero-order chi connectivity index (χ0) is 20.8. The molecule has 1 aromatic carbocycles. The van der Waals surface area contributed by atoms with Crippen LogP contribution in [-0.2, 0) is 25.7 Å². The minimum Gasteiger partial charge on any atom is -0.445 e. The Morgan fingerprint density at radius 3 is 2.48 bits per heavy atom. The first-order chi connectivity index (χ1) is 14.0. The molecule has 0 spiro atoms. The fourth-order valence-corrected chi connectivity index (χ4v) is 4.07. The summed E-state index contributed by atoms with van der Waals surface area (Å²) in [6.45, 7) is 0.514. The summed E-state index contributed by atoms with van der Waals surface area (Å²) in [6, 6.07) is 7.74. The van der Waals surface area contributed by atoms with Gasteiger partial charge in [0.05, 0.1) is 0 Å². The number of hydrogen-bond donors (Lipinski definition) is 2. The SMILES string of the molecule is NC(=O)C1CCCN1C(=O)C(NC(=O)OCc1ccccc1)C1CCC(=O)CC1. The molecule has 1 saturated heterocycles. The summed E-state index contributed by atoms with van der Waals surface area (Å²) in [5, 5.41) is 2.69. The van der Waals surface area contributed by atoms with Gasteiger partial charge in [-0.2, -0.15) is 0 Å². The molecule has 1 aliphatic carbocycles. The molecule has 3 rings (SSSR count). The highest BCUT2D eigenvalue weighted by atomic mass is 16.5. The lowest BCUT2D eigenvalue weighted by Gasteiger charge is -2.33. The highest BCUT2D eigenvalue weighted by Gasteiger charge is 2.40. The molecule has 2 fully saturated rings. The topological polar surface area (TPSA) is 119 Å². The normalized spacial score (nSPS) is 20.9. The van der Waals surface area contributed by atoms with Gasteiger partial charge < -0.3 is 20.7 Å². The number of carbonyl (C=O) groups is 4. The minimum atomic E-state index is -0.841. The standard InChI is InChI=1S/C21H27N3O5/c22-19(26)17-7-4-12-24(17)20(27)18(15-8-10-16(25)11-9-15)23-21(28)29-13-14-5-2-1-3-6-14/h1-3,5-6,15,17-18H,4,7-13H2,(H2,22,26)(H,23,28). The molecule has 1 aromatic rings. The lowest BCUT2D eigenvalue weighted by atomic mass is 9.82. The van der Waals surface area contributed by atoms with Crippen LogP contribution in [0.1, 0.15) is 44.1 Å². The van der Waals surface area contributed by atoms with Crippen molar-refractivity contribution in [1.29, 1.82) is 0 Å². The first-order valence-corrected chi connectivity index (χ1v) is 10.0. The first kappa shape index (κ1) is 20.8. The van der Waals surface area contributed by atoms with Crippen molar-refractivity contribution in [2.24, 2.45) is 11.7 Å². The van der Waals surface area contributed by atoms with Crippen molar-refractivity contribution in [2.75, 3.05) is 6.54 Å². The third-order valence-electron chi connectivity index (χ3n) is 5.68. The summed E-state index contributed by atoms with van der Waals surface area (Å²) in [5.74, 6) is -0.892. The third-order valence-corrected chi connectivity index (χ3v) is 5.68. The van der Waals surface area contributed by atoms with Crippen LogP contribution in [0.25, 0.3) is 0 Å². The van der Waals surface area contributed by atoms with Crippen molar-refractivity contribution in [3.63, 3.8) is 0 Å². The Labute approximate surface area is 169 Å². The van der Waals surface area contributed by atoms with E-state index < -0.39 is 24.1 Å². The quantitative estimate of drug-likeness (QED) is 0.749. The van der Waals surface area contributed by atoms with Gasteiger partial charge in [-0.05, 0) is 37.2 Å². The molecule has 1 aliphatic heterocycles. The summed E-state index contributed by atoms with van der Waals surface area (Å²) in [6.07, 6.45) is 2.32. The summed E-state index contributed by atoms with van der Waals surface area (Å²) in [5.41, 5.74) is 6.28. The number of primary amides is 1. The van der Waals surface area contributed by atoms with Crippen molar-refractivity contribution in [3.05, 3.63) is 35.9 Å². The van der Waals surface area contributed by atoms with Crippen molar-refractivity contribution in [2.45, 2.75) is 57.2 Å². The number of rotatable bonds is 6. The Bertz CT molecular complexity index is 757. The van der Waals surface area contributed by atoms with Crippen molar-refractivity contribution >= 4 is 23.7 Å². The Balaban J connectivity index is 1.68. The van der Waals surface area contributed by atoms with Gasteiger partial charge in [-0.15, -0.1) is 0 Å². The van der Waals surface area contributed by atoms with Crippen molar-refractivity contribution in [3.8, 4) is 0 Å². The van der Waals surface area contributed by atoms with Gasteiger partial charge in [-0.25, -0.2) is 4.79 Å². The van der Waals surface area contributed by atoms with E-state index in [1.807, 2.05) is 30.3 Å². The predicted octanol–water partition coefficient (Wildman–Crippen LogP) is 1.52. The number of Topliss-reactive ketones (excluding diaryl/α,β-unsaturated/α-hetero) is 1. The highest BCUT2D eigenvalue weighted by Crippen LogP contribution is 2.28. The largest absolute Gasteiger partial charge is 0.445 e. The number of amides is 3. The smallest absolute Gasteiger partial charge is 0.408 e. The molecule has 1 heterocycles. The zero-order valence-electron chi connectivity index (χ0n) is 16.3. The number of benzene rings is 1. The van der Waals surface area contributed by atoms with Gasteiger partial charge in [0.1, 0.15) is 24.5 Å². The second-order valence-corrected chi connectivity index (χ2v) is 7.65. The van der Waals surface area contributed by atoms with Crippen LogP contribution >= 0.6 is 0 Å². The Kier molecular flexibility index (Phi) is 6.85. The van der Waals surface area contributed by atoms with Crippen molar-refractivity contribution in [1.82, 2.24) is 10.2 Å². The van der Waals surface area contributed by atoms with E-state index in [0.29, 0.717) is 45.1 Å². The van der Waals surface area contributed by atoms with E-state index in [-0.39, 0.29) is 24.2 Å². The summed E-state index contributed by atoms with van der Waals surface area (Å²) >= 11 is 0. The number of ketones is 1. The van der Waals surface area contributed by atoms with E-state index in [1.54, 1.807) is 0 Å². The molecular formula is C21H27N3O5. The number of nitrogens with one attached hydrogen (secondary N) is 1. The van der Waals surface area contributed by atoms with E-state index in [0.717, 1.165) is 5.56 Å². The zero-order valence-corrected chi connectivity index (χ0v) is 16.3. The molecule has 2 atom stereocenters. The number of nitrogens with two attached hydrogens (primary N) is 1. The van der Waals surface area contributed by atoms with Gasteiger partial charge in [0.15, 0.2) is 0 Å². The predicted molar refractivity (Wildman–Crippen MR) is 104 cm³/mol. The van der Waals surface area contributed by atoms with Gasteiger partial charge in [0, 0.05) is 19.4 Å². The van der Waals surface area contributed by atoms with Gasteiger partial charge in [0.2, 0.25) is 11.8 Å². The molecule has 3 N–H and O–H groups in total. The van der Waals surface area contributed by atoms with Crippen LogP contribution in [0, 0.1) is 5.92 Å². The maximum Gasteiger partial charge on any atom is 0.408 e. The van der Waals surface area contributed by atoms with E-state index >= 15 is 0 Å². The van der Waals surface area contributed by atoms with Crippen LogP contribution in [-0.4, -0.2) is 47.2 Å². The molecule has 1 saturated carbocycles. The van der Waals surface area contributed by atoms with Crippen LogP contribution in [0.3, 0.4) is 0 Å². The fourth-order valence-electron chi connectivity index (χ4n) is 4.07. The Morgan fingerprint density at radius 2 is 1.83 bits per heavy atom. The lowest BCUT2D eigenvalue weighted by Crippen LogP contribution is -2.56. The van der Waals surface area contributed by atoms with Crippen molar-refractivity contribution < 1.29 is 23.9 Å². The van der Waals surface area contributed by atoms with E-state index in [4.69, 9.17) is 10.5 Å². The second kappa shape index (κ2) is 9.54. The van der Waals surface area contributed by atoms with Gasteiger partial charge in [-0.3, -0.25) is 14.4 Å². The average molecular weight is 401 g/mol. The lowest BCUT2D eigenvalue weighted by molar-refractivity contribution is -0.140. The molecule has 8 heteroatoms. The van der Waals surface area contributed by atoms with Crippen LogP contribution in [0.5, 0.6) is 0 Å². The molecule has 29 heavy (non-hydrogen) atoms. The van der Waals surface area contributed by atoms with E-state index in [9.17, 15) is 19.2 Å². The minimum absolute atomic E-state index is 0.0877. The number of likely N-dealkylation sites (tertiary alicyclic amines) is 1. The van der Waals surface area contributed by atoms with Gasteiger partial charge in [0.25, 0.3) is 0 Å². The van der Waals surface area contributed by atoms with E-state index in [1.165, 1.54) is 4.90 Å². The maximum absolute atomic E-state index is 13.2. The second-order valence-electron chi connectivity index (χ2n) is 7.65. The molecule has 0 radical (unpaired) electrons. The molecule has 156 valence electrons. The monoisotopic (exact) mass is 401 g/mol. The number of nitrogens with zero attached hydrogens (tertiary/aromatic N) is 1. The number of carbonyl (C=O) groups excluding carboxylic acids is 4. The van der Waals surface area contributed by atoms with Crippen LogP contribution in [0.4, 0.5) is 4.79 Å². The van der Waals surface area contributed by atoms with Crippen LogP contribution in [0.2, 0.25) is 0 Å². The Morgan fingerprint density at radius 1 is 1.14 bits per heavy atom. The van der Waals surface area contributed by atoms with Crippen LogP contribution < -0.4 is 11.1 Å². The summed E-state index contributed by atoms with van der Waals surface area (Å²) in [4.78, 5) is 50.4. The van der Waals surface area contributed by atoms with Gasteiger partial charge >= 0.3 is 6.09 Å². The molecule has 2 aliphatic rings. The molecular weight excluding hydrogens is 374 g/mol. The van der Waals surface area contributed by atoms with Gasteiger partial charge in [-0.1, -0.05) is 30.3 Å². The van der Waals surface area contributed by atoms with Crippen LogP contribution in [0.15, 0.2) is 30.3 Å². The highest BCUT2D eigenvalue weighted by molar-refractivity contribution is 5.91. The Hall–Kier alpha value is -2.90. The number of hydrogen-bond acceptors (Lipinski definition) is 5. The third kappa shape index (κ3) is 5.34. The summed E-state index contributed by atoms with van der Waals surface area (Å²) < 4.78 is 5.28. The molecule has 3 amide bonds. The fraction of sp³-hybridized carbons (Fsp3) is 0.524. The molecule has 0 bridgehead atoms. The number of ether oxygens (including phenoxy) is 1. The maximum atomic E-state index is 13.2. The average Bonchev–Trinajstić information content (AvgIpc) is 3.22. The molecule has 8 nitrogen and oxygen atoms in total. The molecule has 2 unspecified atom stereocenters. The molecule has 0 aromatic heterocycles. The first-order valence-electron chi connectivity index (χ1n) is 10.0. The number of alkyl carbamates (subject to hydrolysis) is 1. The summed E-state index contributed by atoms with van der Waals surface area (Å²) in [7, 11) is 0.